The number of benzene rings is 1. The summed E-state index contributed by atoms with van der Waals surface area (Å²) in [6, 6.07) is 7.01. The van der Waals surface area contributed by atoms with Crippen molar-refractivity contribution < 1.29 is 23.5 Å². The Morgan fingerprint density at radius 2 is 1.54 bits per heavy atom. The average molecular weight is 489 g/mol. The zero-order chi connectivity index (χ0) is 26.1. The summed E-state index contributed by atoms with van der Waals surface area (Å²) in [5.74, 6) is -2.09. The van der Waals surface area contributed by atoms with E-state index in [9.17, 15) is 19.2 Å². The second-order valence-corrected chi connectivity index (χ2v) is 9.65. The third-order valence-corrected chi connectivity index (χ3v) is 5.14. The molecule has 1 heterocycles. The van der Waals surface area contributed by atoms with Crippen LogP contribution < -0.4 is 16.4 Å². The summed E-state index contributed by atoms with van der Waals surface area (Å²) < 4.78 is 11.4. The fraction of sp³-hybridized carbons (Fsp3) is 0.560. The first kappa shape index (κ1) is 27.8. The Morgan fingerprint density at radius 3 is 2.09 bits per heavy atom. The zero-order valence-electron chi connectivity index (χ0n) is 21.2. The number of amides is 2. The van der Waals surface area contributed by atoms with Gasteiger partial charge < -0.3 is 19.8 Å². The second-order valence-electron chi connectivity index (χ2n) is 9.65. The maximum Gasteiger partial charge on any atom is 0.437 e. The number of aromatic nitrogens is 2. The second kappa shape index (κ2) is 12.9. The number of alkyl carbamates (subject to hydrolysis) is 1. The van der Waals surface area contributed by atoms with Crippen LogP contribution in [0.3, 0.4) is 0 Å². The Labute approximate surface area is 205 Å². The van der Waals surface area contributed by atoms with Gasteiger partial charge in [-0.1, -0.05) is 58.0 Å². The molecular formula is C25H36N4O6. The van der Waals surface area contributed by atoms with E-state index < -0.39 is 35.6 Å². The van der Waals surface area contributed by atoms with Crippen LogP contribution in [-0.2, 0) is 16.1 Å². The molecule has 0 bridgehead atoms. The predicted molar refractivity (Wildman–Crippen MR) is 130 cm³/mol. The number of ether oxygens (including phenoxy) is 1. The molecule has 0 radical (unpaired) electrons. The number of carbonyl (C=O) groups excluding carboxylic acids is 3. The largest absolute Gasteiger partial charge is 0.445 e. The fourth-order valence-electron chi connectivity index (χ4n) is 3.45. The molecule has 0 saturated carbocycles. The van der Waals surface area contributed by atoms with E-state index >= 15 is 0 Å². The van der Waals surface area contributed by atoms with Crippen LogP contribution in [0.15, 0.2) is 39.5 Å². The molecule has 0 saturated heterocycles. The predicted octanol–water partition coefficient (Wildman–Crippen LogP) is 3.47. The lowest BCUT2D eigenvalue weighted by atomic mass is 9.98. The van der Waals surface area contributed by atoms with Crippen molar-refractivity contribution in [3.8, 4) is 0 Å². The maximum absolute atomic E-state index is 13.1. The van der Waals surface area contributed by atoms with Crippen molar-refractivity contribution in [2.45, 2.75) is 79.1 Å². The SMILES string of the molecule is CC(C)C[C@H](NC(=O)OCc1ccccc1)C(=O)N[C@@H](CC(C)C)C(=O)c1nn(C(C)C)c(=O)o1. The average Bonchev–Trinajstić information content (AvgIpc) is 3.18. The molecule has 192 valence electrons. The lowest BCUT2D eigenvalue weighted by molar-refractivity contribution is -0.124. The Hall–Kier alpha value is -3.43. The molecule has 2 atom stereocenters. The van der Waals surface area contributed by atoms with Crippen LogP contribution in [0.1, 0.15) is 76.7 Å². The van der Waals surface area contributed by atoms with E-state index in [2.05, 4.69) is 15.7 Å². The van der Waals surface area contributed by atoms with Gasteiger partial charge in [0.2, 0.25) is 11.7 Å². The first-order valence-electron chi connectivity index (χ1n) is 11.9. The van der Waals surface area contributed by atoms with Gasteiger partial charge in [0, 0.05) is 0 Å². The molecular weight excluding hydrogens is 452 g/mol. The number of rotatable bonds is 12. The minimum Gasteiger partial charge on any atom is -0.445 e. The minimum absolute atomic E-state index is 0.0514. The number of nitrogens with zero attached hydrogens (tertiary/aromatic N) is 2. The number of ketones is 1. The molecule has 2 N–H and O–H groups in total. The van der Waals surface area contributed by atoms with Crippen LogP contribution in [0.25, 0.3) is 0 Å². The number of hydrogen-bond acceptors (Lipinski definition) is 7. The molecule has 2 rings (SSSR count). The van der Waals surface area contributed by atoms with Crippen molar-refractivity contribution in [3.05, 3.63) is 52.3 Å². The highest BCUT2D eigenvalue weighted by Crippen LogP contribution is 2.13. The van der Waals surface area contributed by atoms with Crippen molar-refractivity contribution in [1.82, 2.24) is 20.4 Å². The molecule has 0 aliphatic rings. The standard InChI is InChI=1S/C25H36N4O6/c1-15(2)12-19(21(30)23-28-29(17(5)6)25(33)35-23)26-22(31)20(13-16(3)4)27-24(32)34-14-18-10-8-7-9-11-18/h7-11,15-17,19-20H,12-14H2,1-6H3,(H,26,31)(H,27,32)/t19-,20-/m0/s1. The molecule has 2 aromatic rings. The van der Waals surface area contributed by atoms with E-state index in [1.54, 1.807) is 13.8 Å². The van der Waals surface area contributed by atoms with Gasteiger partial charge >= 0.3 is 11.8 Å². The number of Topliss-reactive ketones (excluding diaryl/α,β-unsaturated/α-hetero) is 1. The Bertz CT molecular complexity index is 1040. The molecule has 10 heteroatoms. The summed E-state index contributed by atoms with van der Waals surface area (Å²) in [7, 11) is 0. The highest BCUT2D eigenvalue weighted by atomic mass is 16.5. The molecule has 0 aliphatic heterocycles. The quantitative estimate of drug-likeness (QED) is 0.437. The number of carbonyl (C=O) groups is 3. The van der Waals surface area contributed by atoms with Gasteiger partial charge in [-0.15, -0.1) is 5.10 Å². The Balaban J connectivity index is 2.13. The van der Waals surface area contributed by atoms with Crippen molar-refractivity contribution in [2.75, 3.05) is 0 Å². The van der Waals surface area contributed by atoms with E-state index in [1.807, 2.05) is 58.0 Å². The minimum atomic E-state index is -0.974. The third kappa shape index (κ3) is 8.70. The van der Waals surface area contributed by atoms with Crippen LogP contribution in [0.2, 0.25) is 0 Å². The monoisotopic (exact) mass is 488 g/mol. The highest BCUT2D eigenvalue weighted by Gasteiger charge is 2.31. The smallest absolute Gasteiger partial charge is 0.437 e. The lowest BCUT2D eigenvalue weighted by Crippen LogP contribution is -2.52. The summed E-state index contributed by atoms with van der Waals surface area (Å²) in [5.41, 5.74) is 0.817. The van der Waals surface area contributed by atoms with Gasteiger partial charge in [-0.3, -0.25) is 9.59 Å². The van der Waals surface area contributed by atoms with Crippen LogP contribution in [0.5, 0.6) is 0 Å². The first-order valence-corrected chi connectivity index (χ1v) is 11.9. The van der Waals surface area contributed by atoms with Gasteiger partial charge in [-0.05, 0) is 44.1 Å². The normalized spacial score (nSPS) is 13.1. The van der Waals surface area contributed by atoms with Gasteiger partial charge in [0.25, 0.3) is 5.89 Å². The van der Waals surface area contributed by atoms with E-state index in [0.717, 1.165) is 10.2 Å². The van der Waals surface area contributed by atoms with Crippen molar-refractivity contribution in [1.29, 1.82) is 0 Å². The summed E-state index contributed by atoms with van der Waals surface area (Å²) in [5, 5.41) is 9.31. The van der Waals surface area contributed by atoms with Crippen molar-refractivity contribution in [2.24, 2.45) is 11.8 Å². The van der Waals surface area contributed by atoms with Crippen LogP contribution in [-0.4, -0.2) is 39.6 Å². The highest BCUT2D eigenvalue weighted by molar-refractivity contribution is 5.99. The summed E-state index contributed by atoms with van der Waals surface area (Å²) in [4.78, 5) is 50.6. The molecule has 10 nitrogen and oxygen atoms in total. The molecule has 0 aliphatic carbocycles. The molecule has 1 aromatic heterocycles. The van der Waals surface area contributed by atoms with Crippen LogP contribution in [0.4, 0.5) is 4.79 Å². The molecule has 1 aromatic carbocycles. The Kier molecular flexibility index (Phi) is 10.2. The van der Waals surface area contributed by atoms with Gasteiger partial charge in [-0.2, -0.15) is 4.68 Å². The lowest BCUT2D eigenvalue weighted by Gasteiger charge is -2.24. The van der Waals surface area contributed by atoms with Gasteiger partial charge in [0.1, 0.15) is 12.6 Å². The summed E-state index contributed by atoms with van der Waals surface area (Å²) in [6.07, 6.45) is -0.0928. The molecule has 0 unspecified atom stereocenters. The van der Waals surface area contributed by atoms with Gasteiger partial charge in [0.05, 0.1) is 12.1 Å². The van der Waals surface area contributed by atoms with Crippen molar-refractivity contribution in [3.63, 3.8) is 0 Å². The van der Waals surface area contributed by atoms with E-state index in [1.165, 1.54) is 0 Å². The molecule has 35 heavy (non-hydrogen) atoms. The summed E-state index contributed by atoms with van der Waals surface area (Å²) in [6.45, 7) is 11.2. The summed E-state index contributed by atoms with van der Waals surface area (Å²) >= 11 is 0. The zero-order valence-corrected chi connectivity index (χ0v) is 21.2. The molecule has 0 fully saturated rings. The maximum atomic E-state index is 13.1. The van der Waals surface area contributed by atoms with Gasteiger partial charge in [0.15, 0.2) is 0 Å². The third-order valence-electron chi connectivity index (χ3n) is 5.14. The topological polar surface area (TPSA) is 133 Å². The number of nitrogens with one attached hydrogen (secondary N) is 2. The first-order chi connectivity index (χ1) is 16.5. The van der Waals surface area contributed by atoms with Crippen molar-refractivity contribution >= 4 is 17.8 Å². The van der Waals surface area contributed by atoms with Crippen LogP contribution in [0, 0.1) is 11.8 Å². The molecule has 2 amide bonds. The Morgan fingerprint density at radius 1 is 0.943 bits per heavy atom. The van der Waals surface area contributed by atoms with E-state index in [0.29, 0.717) is 12.8 Å². The van der Waals surface area contributed by atoms with Gasteiger partial charge in [-0.25, -0.2) is 9.59 Å². The number of hydrogen-bond donors (Lipinski definition) is 2. The van der Waals surface area contributed by atoms with E-state index in [4.69, 9.17) is 9.15 Å². The fourth-order valence-corrected chi connectivity index (χ4v) is 3.45. The van der Waals surface area contributed by atoms with Crippen LogP contribution >= 0.6 is 0 Å². The molecule has 0 spiro atoms. The van der Waals surface area contributed by atoms with E-state index in [-0.39, 0.29) is 30.4 Å².